The van der Waals surface area contributed by atoms with Gasteiger partial charge in [-0.15, -0.1) is 0 Å². The van der Waals surface area contributed by atoms with Gasteiger partial charge in [0.1, 0.15) is 5.75 Å². The molecular weight excluding hydrogens is 316 g/mol. The Labute approximate surface area is 142 Å². The zero-order chi connectivity index (χ0) is 16.7. The largest absolute Gasteiger partial charge is 0.479 e. The second-order valence-electron chi connectivity index (χ2n) is 5.73. The number of para-hydroxylation sites is 1. The summed E-state index contributed by atoms with van der Waals surface area (Å²) in [6.45, 7) is 4.50. The van der Waals surface area contributed by atoms with E-state index in [1.165, 1.54) is 0 Å². The molecule has 1 aromatic carbocycles. The van der Waals surface area contributed by atoms with E-state index < -0.39 is 6.10 Å². The van der Waals surface area contributed by atoms with Gasteiger partial charge >= 0.3 is 0 Å². The zero-order valence-corrected chi connectivity index (χ0v) is 14.3. The Bertz CT molecular complexity index is 504. The maximum absolute atomic E-state index is 12.5. The molecule has 0 saturated carbocycles. The molecule has 1 aromatic rings. The third-order valence-electron chi connectivity index (χ3n) is 3.94. The summed E-state index contributed by atoms with van der Waals surface area (Å²) < 4.78 is 11.5. The van der Waals surface area contributed by atoms with Crippen molar-refractivity contribution in [3.8, 4) is 5.75 Å². The highest BCUT2D eigenvalue weighted by molar-refractivity contribution is 6.32. The molecule has 1 aliphatic heterocycles. The van der Waals surface area contributed by atoms with E-state index in [1.807, 2.05) is 17.0 Å². The normalized spacial score (nSPS) is 17.1. The van der Waals surface area contributed by atoms with Gasteiger partial charge in [-0.2, -0.15) is 0 Å². The molecule has 1 saturated heterocycles. The van der Waals surface area contributed by atoms with Gasteiger partial charge in [0.2, 0.25) is 0 Å². The van der Waals surface area contributed by atoms with Crippen LogP contribution in [0.1, 0.15) is 26.2 Å². The molecule has 1 amide bonds. The second kappa shape index (κ2) is 9.11. The fraction of sp³-hybridized carbons (Fsp3) is 0.588. The highest BCUT2D eigenvalue weighted by Gasteiger charge is 2.27. The first-order valence-corrected chi connectivity index (χ1v) is 8.51. The first-order chi connectivity index (χ1) is 11.1. The van der Waals surface area contributed by atoms with Crippen LogP contribution in [0.25, 0.3) is 0 Å². The van der Waals surface area contributed by atoms with Crippen LogP contribution in [0.3, 0.4) is 0 Å². The van der Waals surface area contributed by atoms with E-state index in [4.69, 9.17) is 26.8 Å². The van der Waals surface area contributed by atoms with E-state index in [9.17, 15) is 4.79 Å². The molecule has 128 valence electrons. The van der Waals surface area contributed by atoms with Crippen molar-refractivity contribution in [3.05, 3.63) is 29.3 Å². The molecule has 0 radical (unpaired) electrons. The van der Waals surface area contributed by atoms with Gasteiger partial charge in [-0.05, 0) is 44.9 Å². The number of benzene rings is 1. The minimum absolute atomic E-state index is 0.00896. The Morgan fingerprint density at radius 2 is 2.09 bits per heavy atom. The number of halogens is 1. The number of hydrogen-bond acceptors (Lipinski definition) is 4. The summed E-state index contributed by atoms with van der Waals surface area (Å²) in [5.41, 5.74) is 5.46. The number of rotatable bonds is 7. The van der Waals surface area contributed by atoms with Gasteiger partial charge in [-0.25, -0.2) is 0 Å². The maximum atomic E-state index is 12.5. The molecule has 6 heteroatoms. The van der Waals surface area contributed by atoms with E-state index in [1.54, 1.807) is 19.1 Å². The predicted octanol–water partition coefficient (Wildman–Crippen LogP) is 2.46. The Kier molecular flexibility index (Phi) is 7.15. The molecule has 1 atom stereocenters. The van der Waals surface area contributed by atoms with Gasteiger partial charge in [-0.3, -0.25) is 4.79 Å². The van der Waals surface area contributed by atoms with Crippen molar-refractivity contribution in [3.63, 3.8) is 0 Å². The van der Waals surface area contributed by atoms with E-state index in [-0.39, 0.29) is 12.0 Å². The number of carbonyl (C=O) groups is 1. The van der Waals surface area contributed by atoms with Gasteiger partial charge in [0.15, 0.2) is 6.10 Å². The monoisotopic (exact) mass is 340 g/mol. The number of piperidine rings is 1. The number of nitrogens with two attached hydrogens (primary N) is 1. The molecule has 2 N–H and O–H groups in total. The molecule has 5 nitrogen and oxygen atoms in total. The first kappa shape index (κ1) is 18.0. The first-order valence-electron chi connectivity index (χ1n) is 8.13. The van der Waals surface area contributed by atoms with Crippen LogP contribution in [0.4, 0.5) is 0 Å². The van der Waals surface area contributed by atoms with Crippen LogP contribution in [-0.2, 0) is 9.53 Å². The Balaban J connectivity index is 1.79. The summed E-state index contributed by atoms with van der Waals surface area (Å²) in [6.07, 6.45) is 2.27. The average molecular weight is 341 g/mol. The van der Waals surface area contributed by atoms with Crippen LogP contribution in [0, 0.1) is 0 Å². The van der Waals surface area contributed by atoms with Crippen LogP contribution in [0.2, 0.25) is 5.02 Å². The lowest BCUT2D eigenvalue weighted by Crippen LogP contribution is -2.46. The average Bonchev–Trinajstić information content (AvgIpc) is 2.57. The molecule has 0 aliphatic carbocycles. The number of amides is 1. The summed E-state index contributed by atoms with van der Waals surface area (Å²) in [6, 6.07) is 7.18. The fourth-order valence-electron chi connectivity index (χ4n) is 2.61. The maximum Gasteiger partial charge on any atom is 0.263 e. The highest BCUT2D eigenvalue weighted by Crippen LogP contribution is 2.25. The third-order valence-corrected chi connectivity index (χ3v) is 4.26. The Morgan fingerprint density at radius 1 is 1.39 bits per heavy atom. The van der Waals surface area contributed by atoms with Gasteiger partial charge in [0, 0.05) is 19.7 Å². The van der Waals surface area contributed by atoms with E-state index in [0.717, 1.165) is 19.3 Å². The molecule has 1 aliphatic rings. The van der Waals surface area contributed by atoms with Crippen LogP contribution >= 0.6 is 11.6 Å². The van der Waals surface area contributed by atoms with Crippen molar-refractivity contribution in [2.24, 2.45) is 5.73 Å². The topological polar surface area (TPSA) is 64.8 Å². The molecule has 23 heavy (non-hydrogen) atoms. The third kappa shape index (κ3) is 5.37. The Morgan fingerprint density at radius 3 is 2.74 bits per heavy atom. The van der Waals surface area contributed by atoms with Crippen LogP contribution in [-0.4, -0.2) is 49.3 Å². The molecule has 0 bridgehead atoms. The molecule has 1 heterocycles. The van der Waals surface area contributed by atoms with E-state index in [2.05, 4.69) is 0 Å². The lowest BCUT2D eigenvalue weighted by molar-refractivity contribution is -0.140. The van der Waals surface area contributed by atoms with Crippen molar-refractivity contribution in [2.75, 3.05) is 26.2 Å². The number of carbonyl (C=O) groups excluding carboxylic acids is 1. The standard InChI is InChI=1S/C17H25ClN2O3/c1-13(23-16-6-3-2-5-15(16)18)17(21)20-10-7-14(8-11-20)22-12-4-9-19/h2-3,5-6,13-14H,4,7-12,19H2,1H3. The van der Waals surface area contributed by atoms with Gasteiger partial charge in [0.05, 0.1) is 11.1 Å². The van der Waals surface area contributed by atoms with Gasteiger partial charge < -0.3 is 20.1 Å². The van der Waals surface area contributed by atoms with Crippen molar-refractivity contribution < 1.29 is 14.3 Å². The number of likely N-dealkylation sites (tertiary alicyclic amines) is 1. The second-order valence-corrected chi connectivity index (χ2v) is 6.14. The summed E-state index contributed by atoms with van der Waals surface area (Å²) >= 11 is 6.06. The lowest BCUT2D eigenvalue weighted by Gasteiger charge is -2.33. The zero-order valence-electron chi connectivity index (χ0n) is 13.5. The summed E-state index contributed by atoms with van der Waals surface area (Å²) in [5, 5.41) is 0.513. The smallest absolute Gasteiger partial charge is 0.263 e. The predicted molar refractivity (Wildman–Crippen MR) is 90.8 cm³/mol. The quantitative estimate of drug-likeness (QED) is 0.774. The van der Waals surface area contributed by atoms with Gasteiger partial charge in [-0.1, -0.05) is 23.7 Å². The van der Waals surface area contributed by atoms with Gasteiger partial charge in [0.25, 0.3) is 5.91 Å². The van der Waals surface area contributed by atoms with Crippen LogP contribution in [0.5, 0.6) is 5.75 Å². The number of nitrogens with zero attached hydrogens (tertiary/aromatic N) is 1. The molecule has 0 aromatic heterocycles. The van der Waals surface area contributed by atoms with E-state index in [0.29, 0.717) is 37.0 Å². The van der Waals surface area contributed by atoms with Crippen molar-refractivity contribution in [2.45, 2.75) is 38.4 Å². The van der Waals surface area contributed by atoms with E-state index >= 15 is 0 Å². The molecule has 0 spiro atoms. The minimum Gasteiger partial charge on any atom is -0.479 e. The summed E-state index contributed by atoms with van der Waals surface area (Å²) in [5.74, 6) is 0.528. The minimum atomic E-state index is -0.551. The molecule has 1 unspecified atom stereocenters. The van der Waals surface area contributed by atoms with Crippen LogP contribution in [0.15, 0.2) is 24.3 Å². The van der Waals surface area contributed by atoms with Crippen molar-refractivity contribution in [1.29, 1.82) is 0 Å². The summed E-state index contributed by atoms with van der Waals surface area (Å²) in [4.78, 5) is 14.3. The molecular formula is C17H25ClN2O3. The van der Waals surface area contributed by atoms with Crippen LogP contribution < -0.4 is 10.5 Å². The van der Waals surface area contributed by atoms with Crippen molar-refractivity contribution >= 4 is 17.5 Å². The molecule has 1 fully saturated rings. The van der Waals surface area contributed by atoms with Crippen molar-refractivity contribution in [1.82, 2.24) is 4.90 Å². The summed E-state index contributed by atoms with van der Waals surface area (Å²) in [7, 11) is 0. The highest BCUT2D eigenvalue weighted by atomic mass is 35.5. The fourth-order valence-corrected chi connectivity index (χ4v) is 2.79. The Hall–Kier alpha value is -1.30. The lowest BCUT2D eigenvalue weighted by atomic mass is 10.1. The number of ether oxygens (including phenoxy) is 2. The number of hydrogen-bond donors (Lipinski definition) is 1. The SMILES string of the molecule is CC(Oc1ccccc1Cl)C(=O)N1CCC(OCCCN)CC1. The molecule has 2 rings (SSSR count).